The average molecular weight is 222 g/mol. The quantitative estimate of drug-likeness (QED) is 0.479. The predicted molar refractivity (Wildman–Crippen MR) is 53.1 cm³/mol. The summed E-state index contributed by atoms with van der Waals surface area (Å²) in [4.78, 5) is 0. The van der Waals surface area contributed by atoms with Crippen molar-refractivity contribution < 1.29 is 17.6 Å². The largest absolute Gasteiger partial charge is 0.412 e. The van der Waals surface area contributed by atoms with E-state index < -0.39 is 17.6 Å². The van der Waals surface area contributed by atoms with E-state index in [2.05, 4.69) is 0 Å². The maximum atomic E-state index is 13.2. The van der Waals surface area contributed by atoms with E-state index in [1.165, 1.54) is 6.08 Å². The summed E-state index contributed by atoms with van der Waals surface area (Å²) in [6.07, 6.45) is -0.726. The van der Waals surface area contributed by atoms with E-state index in [-0.39, 0.29) is 12.0 Å². The fourth-order valence-electron chi connectivity index (χ4n) is 0.936. The van der Waals surface area contributed by atoms with Gasteiger partial charge in [0.2, 0.25) is 0 Å². The van der Waals surface area contributed by atoms with Crippen molar-refractivity contribution in [1.29, 1.82) is 0 Å². The van der Waals surface area contributed by atoms with Crippen LogP contribution in [0.1, 0.15) is 27.2 Å². The molecule has 0 amide bonds. The Bertz CT molecular complexity index is 292. The van der Waals surface area contributed by atoms with Gasteiger partial charge in [0.25, 0.3) is 0 Å². The van der Waals surface area contributed by atoms with E-state index in [1.54, 1.807) is 13.8 Å². The molecule has 86 valence electrons. The summed E-state index contributed by atoms with van der Waals surface area (Å²) in [5.74, 6) is -0.622. The van der Waals surface area contributed by atoms with Crippen molar-refractivity contribution >= 4 is 0 Å². The highest BCUT2D eigenvalue weighted by molar-refractivity contribution is 5.31. The second-order valence-corrected chi connectivity index (χ2v) is 3.05. The lowest BCUT2D eigenvalue weighted by molar-refractivity contribution is -0.0913. The van der Waals surface area contributed by atoms with Crippen molar-refractivity contribution in [3.8, 4) is 0 Å². The first-order chi connectivity index (χ1) is 6.82. The minimum Gasteiger partial charge on any atom is -0.207 e. The molecule has 0 unspecified atom stereocenters. The van der Waals surface area contributed by atoms with Gasteiger partial charge in [-0.05, 0) is 38.0 Å². The zero-order valence-corrected chi connectivity index (χ0v) is 8.95. The molecule has 0 atom stereocenters. The van der Waals surface area contributed by atoms with Crippen LogP contribution in [0.4, 0.5) is 17.6 Å². The smallest absolute Gasteiger partial charge is 0.207 e. The van der Waals surface area contributed by atoms with Gasteiger partial charge in [-0.1, -0.05) is 13.0 Å². The third-order valence-electron chi connectivity index (χ3n) is 1.84. The Morgan fingerprint density at radius 2 is 1.80 bits per heavy atom. The van der Waals surface area contributed by atoms with Gasteiger partial charge in [0.1, 0.15) is 5.83 Å². The third-order valence-corrected chi connectivity index (χ3v) is 1.84. The first-order valence-corrected chi connectivity index (χ1v) is 4.59. The number of hydrogen-bond acceptors (Lipinski definition) is 0. The van der Waals surface area contributed by atoms with Gasteiger partial charge in [-0.2, -0.15) is 13.2 Å². The van der Waals surface area contributed by atoms with Gasteiger partial charge in [-0.25, -0.2) is 4.39 Å². The molecule has 0 aromatic rings. The van der Waals surface area contributed by atoms with E-state index in [1.807, 2.05) is 0 Å². The van der Waals surface area contributed by atoms with Gasteiger partial charge in [0, 0.05) is 5.57 Å². The molecule has 0 saturated heterocycles. The first-order valence-electron chi connectivity index (χ1n) is 4.59. The summed E-state index contributed by atoms with van der Waals surface area (Å²) in [5.41, 5.74) is -0.734. The third kappa shape index (κ3) is 4.81. The van der Waals surface area contributed by atoms with Crippen LogP contribution in [0, 0.1) is 0 Å². The Morgan fingerprint density at radius 1 is 1.27 bits per heavy atom. The molecule has 0 N–H and O–H groups in total. The second-order valence-electron chi connectivity index (χ2n) is 3.05. The van der Waals surface area contributed by atoms with Gasteiger partial charge < -0.3 is 0 Å². The fourth-order valence-corrected chi connectivity index (χ4v) is 0.936. The van der Waals surface area contributed by atoms with E-state index in [9.17, 15) is 17.6 Å². The summed E-state index contributed by atoms with van der Waals surface area (Å²) in [6, 6.07) is 0. The molecular weight excluding hydrogens is 208 g/mol. The molecular formula is C11H14F4. The Kier molecular flexibility index (Phi) is 5.33. The van der Waals surface area contributed by atoms with Gasteiger partial charge in [0.05, 0.1) is 0 Å². The molecule has 0 nitrogen and oxygen atoms in total. The predicted octanol–water partition coefficient (Wildman–Crippen LogP) is 4.70. The van der Waals surface area contributed by atoms with Crippen LogP contribution in [-0.2, 0) is 0 Å². The maximum absolute atomic E-state index is 13.2. The van der Waals surface area contributed by atoms with Crippen LogP contribution in [0.5, 0.6) is 0 Å². The molecule has 0 aliphatic heterocycles. The lowest BCUT2D eigenvalue weighted by atomic mass is 10.1. The molecule has 0 fully saturated rings. The molecule has 4 heteroatoms. The van der Waals surface area contributed by atoms with Crippen molar-refractivity contribution in [2.24, 2.45) is 0 Å². The maximum Gasteiger partial charge on any atom is 0.412 e. The lowest BCUT2D eigenvalue weighted by Gasteiger charge is -2.07. The summed E-state index contributed by atoms with van der Waals surface area (Å²) in [7, 11) is 0. The van der Waals surface area contributed by atoms with Crippen LogP contribution in [-0.4, -0.2) is 6.18 Å². The number of rotatable bonds is 3. The standard InChI is InChI=1S/C11H14F4/c1-4-6-10(12)9(5-2)7-8(3)11(13,14)15/h4,6-7H,5H2,1-3H3/b6-4-,8-7+,10-9+. The molecule has 0 aliphatic carbocycles. The lowest BCUT2D eigenvalue weighted by Crippen LogP contribution is -2.09. The highest BCUT2D eigenvalue weighted by Crippen LogP contribution is 2.27. The topological polar surface area (TPSA) is 0 Å². The van der Waals surface area contributed by atoms with Crippen molar-refractivity contribution in [3.05, 3.63) is 35.2 Å². The van der Waals surface area contributed by atoms with E-state index in [4.69, 9.17) is 0 Å². The average Bonchev–Trinajstić information content (AvgIpc) is 2.12. The fraction of sp³-hybridized carbons (Fsp3) is 0.455. The van der Waals surface area contributed by atoms with Crippen molar-refractivity contribution in [1.82, 2.24) is 0 Å². The van der Waals surface area contributed by atoms with E-state index in [0.717, 1.165) is 19.1 Å². The second kappa shape index (κ2) is 5.73. The number of allylic oxidation sites excluding steroid dienone is 6. The summed E-state index contributed by atoms with van der Waals surface area (Å²) in [6.45, 7) is 4.14. The Labute approximate surface area is 87.0 Å². The molecule has 0 aliphatic rings. The van der Waals surface area contributed by atoms with Gasteiger partial charge >= 0.3 is 6.18 Å². The molecule has 15 heavy (non-hydrogen) atoms. The van der Waals surface area contributed by atoms with Crippen LogP contribution in [0.25, 0.3) is 0 Å². The van der Waals surface area contributed by atoms with E-state index >= 15 is 0 Å². The van der Waals surface area contributed by atoms with Crippen LogP contribution in [0.2, 0.25) is 0 Å². The van der Waals surface area contributed by atoms with Gasteiger partial charge in [-0.15, -0.1) is 0 Å². The minimum atomic E-state index is -4.39. The molecule has 0 heterocycles. The Morgan fingerprint density at radius 3 is 2.13 bits per heavy atom. The number of hydrogen-bond donors (Lipinski definition) is 0. The van der Waals surface area contributed by atoms with Crippen molar-refractivity contribution in [3.63, 3.8) is 0 Å². The minimum absolute atomic E-state index is 0.0583. The normalized spacial score (nSPS) is 15.8. The molecule has 0 aromatic heterocycles. The Hall–Kier alpha value is -1.06. The highest BCUT2D eigenvalue weighted by atomic mass is 19.4. The van der Waals surface area contributed by atoms with Crippen LogP contribution in [0.15, 0.2) is 35.2 Å². The number of alkyl halides is 3. The zero-order chi connectivity index (χ0) is 12.1. The van der Waals surface area contributed by atoms with Crippen molar-refractivity contribution in [2.75, 3.05) is 0 Å². The van der Waals surface area contributed by atoms with Crippen molar-refractivity contribution in [2.45, 2.75) is 33.4 Å². The SMILES string of the molecule is C\C=C/C(F)=C(\C=C(/C)C(F)(F)F)CC. The zero-order valence-electron chi connectivity index (χ0n) is 8.95. The summed E-state index contributed by atoms with van der Waals surface area (Å²) in [5, 5.41) is 0. The molecule has 0 spiro atoms. The van der Waals surface area contributed by atoms with Crippen LogP contribution < -0.4 is 0 Å². The molecule has 0 bridgehead atoms. The molecule has 0 saturated carbocycles. The molecule has 0 radical (unpaired) electrons. The van der Waals surface area contributed by atoms with Crippen LogP contribution >= 0.6 is 0 Å². The first kappa shape index (κ1) is 13.9. The van der Waals surface area contributed by atoms with Crippen LogP contribution in [0.3, 0.4) is 0 Å². The molecule has 0 rings (SSSR count). The highest BCUT2D eigenvalue weighted by Gasteiger charge is 2.30. The summed E-state index contributed by atoms with van der Waals surface area (Å²) >= 11 is 0. The Balaban J connectivity index is 5.12. The number of halogens is 4. The monoisotopic (exact) mass is 222 g/mol. The molecule has 0 aromatic carbocycles. The summed E-state index contributed by atoms with van der Waals surface area (Å²) < 4.78 is 49.7. The van der Waals surface area contributed by atoms with E-state index in [0.29, 0.717) is 0 Å². The van der Waals surface area contributed by atoms with Gasteiger partial charge in [-0.3, -0.25) is 0 Å². The van der Waals surface area contributed by atoms with Gasteiger partial charge in [0.15, 0.2) is 0 Å².